The van der Waals surface area contributed by atoms with Crippen LogP contribution in [0.2, 0.25) is 0 Å². The van der Waals surface area contributed by atoms with Crippen molar-refractivity contribution in [1.82, 2.24) is 9.88 Å². The number of ether oxygens (including phenoxy) is 1. The van der Waals surface area contributed by atoms with Gasteiger partial charge in [-0.25, -0.2) is 14.6 Å². The molecule has 2 N–H and O–H groups in total. The molecular formula is C18H21N3O3S. The van der Waals surface area contributed by atoms with E-state index in [-0.39, 0.29) is 12.6 Å². The van der Waals surface area contributed by atoms with Gasteiger partial charge in [0, 0.05) is 17.5 Å². The normalized spacial score (nSPS) is 16.9. The van der Waals surface area contributed by atoms with Gasteiger partial charge in [0.1, 0.15) is 11.6 Å². The Morgan fingerprint density at radius 1 is 1.40 bits per heavy atom. The molecule has 2 amide bonds. The number of benzene rings is 1. The van der Waals surface area contributed by atoms with Crippen LogP contribution in [0.1, 0.15) is 34.5 Å². The number of carbonyl (C=O) groups excluding carboxylic acids is 2. The fourth-order valence-corrected chi connectivity index (χ4v) is 3.97. The molecule has 25 heavy (non-hydrogen) atoms. The van der Waals surface area contributed by atoms with Crippen LogP contribution in [0.25, 0.3) is 10.6 Å². The summed E-state index contributed by atoms with van der Waals surface area (Å²) in [5, 5.41) is 2.50. The Morgan fingerprint density at radius 3 is 2.92 bits per heavy atom. The Labute approximate surface area is 150 Å². The van der Waals surface area contributed by atoms with Gasteiger partial charge in [0.25, 0.3) is 0 Å². The highest BCUT2D eigenvalue weighted by Gasteiger charge is 2.28. The van der Waals surface area contributed by atoms with E-state index in [1.807, 2.05) is 26.0 Å². The maximum absolute atomic E-state index is 12.2. The maximum atomic E-state index is 12.2. The van der Waals surface area contributed by atoms with E-state index in [0.29, 0.717) is 12.2 Å². The largest absolute Gasteiger partial charge is 0.459 e. The van der Waals surface area contributed by atoms with Crippen molar-refractivity contribution in [3.8, 4) is 10.6 Å². The molecule has 0 unspecified atom stereocenters. The Morgan fingerprint density at radius 2 is 2.20 bits per heavy atom. The summed E-state index contributed by atoms with van der Waals surface area (Å²) >= 11 is 1.42. The van der Waals surface area contributed by atoms with Crippen LogP contribution < -0.4 is 5.73 Å². The van der Waals surface area contributed by atoms with Gasteiger partial charge in [-0.3, -0.25) is 0 Å². The number of rotatable bonds is 4. The minimum Gasteiger partial charge on any atom is -0.459 e. The zero-order valence-corrected chi connectivity index (χ0v) is 15.1. The number of amides is 2. The molecule has 0 aliphatic carbocycles. The van der Waals surface area contributed by atoms with Crippen LogP contribution in [0.4, 0.5) is 4.79 Å². The van der Waals surface area contributed by atoms with Gasteiger partial charge in [-0.1, -0.05) is 23.8 Å². The first-order chi connectivity index (χ1) is 12.0. The molecule has 0 radical (unpaired) electrons. The molecule has 0 spiro atoms. The number of hydrogen-bond donors (Lipinski definition) is 1. The lowest BCUT2D eigenvalue weighted by atomic mass is 10.1. The van der Waals surface area contributed by atoms with Gasteiger partial charge in [0.2, 0.25) is 0 Å². The van der Waals surface area contributed by atoms with Crippen molar-refractivity contribution < 1.29 is 14.3 Å². The van der Waals surface area contributed by atoms with Gasteiger partial charge in [0.15, 0.2) is 5.69 Å². The van der Waals surface area contributed by atoms with Crippen LogP contribution in [-0.4, -0.2) is 41.1 Å². The molecule has 1 aromatic carbocycles. The van der Waals surface area contributed by atoms with Gasteiger partial charge >= 0.3 is 12.0 Å². The second-order valence-corrected chi connectivity index (χ2v) is 7.14. The molecule has 1 atom stereocenters. The van der Waals surface area contributed by atoms with Crippen molar-refractivity contribution in [2.45, 2.75) is 32.7 Å². The number of urea groups is 1. The number of aromatic nitrogens is 1. The number of likely N-dealkylation sites (tertiary alicyclic amines) is 1. The molecule has 1 aliphatic rings. The van der Waals surface area contributed by atoms with Crippen molar-refractivity contribution >= 4 is 23.3 Å². The Kier molecular flexibility index (Phi) is 5.03. The predicted octanol–water partition coefficient (Wildman–Crippen LogP) is 3.13. The van der Waals surface area contributed by atoms with E-state index >= 15 is 0 Å². The topological polar surface area (TPSA) is 85.5 Å². The van der Waals surface area contributed by atoms with Gasteiger partial charge in [-0.05, 0) is 32.3 Å². The molecule has 7 heteroatoms. The van der Waals surface area contributed by atoms with E-state index in [4.69, 9.17) is 10.5 Å². The summed E-state index contributed by atoms with van der Waals surface area (Å²) in [4.78, 5) is 29.5. The minimum atomic E-state index is -0.469. The molecule has 3 rings (SSSR count). The van der Waals surface area contributed by atoms with Crippen LogP contribution in [0, 0.1) is 13.8 Å². The highest BCUT2D eigenvalue weighted by Crippen LogP contribution is 2.28. The third kappa shape index (κ3) is 3.82. The van der Waals surface area contributed by atoms with Crippen molar-refractivity contribution in [3.63, 3.8) is 0 Å². The monoisotopic (exact) mass is 359 g/mol. The third-order valence-corrected chi connectivity index (χ3v) is 5.27. The number of esters is 1. The molecule has 0 bridgehead atoms. The van der Waals surface area contributed by atoms with Gasteiger partial charge in [-0.2, -0.15) is 0 Å². The SMILES string of the molecule is Cc1ccc(-c2nc(C(=O)OC[C@@H]3CCCN3C(N)=O)cs2)c(C)c1. The lowest BCUT2D eigenvalue weighted by molar-refractivity contribution is 0.0416. The standard InChI is InChI=1S/C18H21N3O3S/c1-11-5-6-14(12(2)8-11)16-20-15(10-25-16)17(22)24-9-13-4-3-7-21(13)18(19)23/h5-6,8,10,13H,3-4,7,9H2,1-2H3,(H2,19,23)/t13-/m0/s1. The molecule has 6 nitrogen and oxygen atoms in total. The quantitative estimate of drug-likeness (QED) is 0.850. The van der Waals surface area contributed by atoms with E-state index in [9.17, 15) is 9.59 Å². The third-order valence-electron chi connectivity index (χ3n) is 4.39. The molecule has 2 aromatic rings. The lowest BCUT2D eigenvalue weighted by Gasteiger charge is -2.21. The lowest BCUT2D eigenvalue weighted by Crippen LogP contribution is -2.42. The highest BCUT2D eigenvalue weighted by atomic mass is 32.1. The van der Waals surface area contributed by atoms with E-state index in [0.717, 1.165) is 29.0 Å². The van der Waals surface area contributed by atoms with E-state index in [2.05, 4.69) is 11.1 Å². The average molecular weight is 359 g/mol. The van der Waals surface area contributed by atoms with Crippen LogP contribution in [-0.2, 0) is 4.74 Å². The molecule has 2 heterocycles. The van der Waals surface area contributed by atoms with Gasteiger partial charge in [-0.15, -0.1) is 11.3 Å². The van der Waals surface area contributed by atoms with Gasteiger partial charge in [0.05, 0.1) is 6.04 Å². The van der Waals surface area contributed by atoms with Crippen LogP contribution >= 0.6 is 11.3 Å². The zero-order valence-electron chi connectivity index (χ0n) is 14.3. The number of nitrogens with zero attached hydrogens (tertiary/aromatic N) is 2. The van der Waals surface area contributed by atoms with Gasteiger partial charge < -0.3 is 15.4 Å². The predicted molar refractivity (Wildman–Crippen MR) is 96.6 cm³/mol. The van der Waals surface area contributed by atoms with Crippen molar-refractivity contribution in [3.05, 3.63) is 40.4 Å². The van der Waals surface area contributed by atoms with E-state index in [1.165, 1.54) is 16.9 Å². The Hall–Kier alpha value is -2.41. The Bertz CT molecular complexity index is 803. The summed E-state index contributed by atoms with van der Waals surface area (Å²) in [5.41, 5.74) is 8.96. The summed E-state index contributed by atoms with van der Waals surface area (Å²) in [6.45, 7) is 4.84. The summed E-state index contributed by atoms with van der Waals surface area (Å²) < 4.78 is 5.35. The van der Waals surface area contributed by atoms with Crippen LogP contribution in [0.5, 0.6) is 0 Å². The first-order valence-electron chi connectivity index (χ1n) is 8.22. The number of aryl methyl sites for hydroxylation is 2. The summed E-state index contributed by atoms with van der Waals surface area (Å²) in [5.74, 6) is -0.469. The number of carbonyl (C=O) groups is 2. The number of nitrogens with two attached hydrogens (primary N) is 1. The second-order valence-electron chi connectivity index (χ2n) is 6.28. The first kappa shape index (κ1) is 17.4. The van der Waals surface area contributed by atoms with Crippen LogP contribution in [0.3, 0.4) is 0 Å². The molecule has 0 saturated carbocycles. The number of hydrogen-bond acceptors (Lipinski definition) is 5. The van der Waals surface area contributed by atoms with Crippen molar-refractivity contribution in [2.24, 2.45) is 5.73 Å². The van der Waals surface area contributed by atoms with Crippen molar-refractivity contribution in [2.75, 3.05) is 13.2 Å². The molecule has 1 aromatic heterocycles. The average Bonchev–Trinajstić information content (AvgIpc) is 3.22. The molecular weight excluding hydrogens is 338 g/mol. The Balaban J connectivity index is 1.66. The number of thiazole rings is 1. The summed E-state index contributed by atoms with van der Waals surface area (Å²) in [7, 11) is 0. The smallest absolute Gasteiger partial charge is 0.357 e. The molecule has 1 aliphatic heterocycles. The van der Waals surface area contributed by atoms with E-state index < -0.39 is 12.0 Å². The second kappa shape index (κ2) is 7.23. The highest BCUT2D eigenvalue weighted by molar-refractivity contribution is 7.13. The molecule has 1 saturated heterocycles. The number of primary amides is 1. The fraction of sp³-hybridized carbons (Fsp3) is 0.389. The summed E-state index contributed by atoms with van der Waals surface area (Å²) in [6.07, 6.45) is 1.67. The van der Waals surface area contributed by atoms with Crippen LogP contribution in [0.15, 0.2) is 23.6 Å². The molecule has 132 valence electrons. The van der Waals surface area contributed by atoms with Crippen molar-refractivity contribution in [1.29, 1.82) is 0 Å². The minimum absolute atomic E-state index is 0.140. The first-order valence-corrected chi connectivity index (χ1v) is 9.10. The zero-order chi connectivity index (χ0) is 18.0. The maximum Gasteiger partial charge on any atom is 0.357 e. The fourth-order valence-electron chi connectivity index (χ4n) is 3.09. The summed E-state index contributed by atoms with van der Waals surface area (Å²) in [6, 6.07) is 5.53. The molecule has 1 fully saturated rings. The van der Waals surface area contributed by atoms with E-state index in [1.54, 1.807) is 10.3 Å².